The van der Waals surface area contributed by atoms with Gasteiger partial charge in [0.25, 0.3) is 0 Å². The highest BCUT2D eigenvalue weighted by Gasteiger charge is 2.20. The maximum absolute atomic E-state index is 12.6. The van der Waals surface area contributed by atoms with Crippen LogP contribution in [0.4, 0.5) is 0 Å². The minimum Gasteiger partial charge on any atom is -0.469 e. The highest BCUT2D eigenvalue weighted by molar-refractivity contribution is 6.76. The van der Waals surface area contributed by atoms with Gasteiger partial charge in [-0.3, -0.25) is 14.4 Å². The first-order valence-electron chi connectivity index (χ1n) is 16.0. The molecule has 0 aliphatic heterocycles. The summed E-state index contributed by atoms with van der Waals surface area (Å²) in [7, 11) is 0.188. The van der Waals surface area contributed by atoms with E-state index in [0.29, 0.717) is 35.0 Å². The first-order chi connectivity index (χ1) is 23.1. The number of carbonyl (C=O) groups is 2. The SMILES string of the molecule is C=C(C(=O)OC)c1nn(COCC[Si](C)(C)C)c2ccccc2c1=O.COC(=O)Cc1nn(COCC[Si](C)(C)C)c2ccccc2c1=O. The molecule has 4 aromatic rings. The lowest BCUT2D eigenvalue weighted by molar-refractivity contribution is -0.140. The largest absolute Gasteiger partial charge is 0.469 e. The number of rotatable bonds is 14. The van der Waals surface area contributed by atoms with Crippen LogP contribution in [0.15, 0.2) is 64.7 Å². The number of fused-ring (bicyclic) bond motifs is 2. The number of hydrogen-bond acceptors (Lipinski definition) is 10. The van der Waals surface area contributed by atoms with Crippen LogP contribution in [-0.4, -0.2) is 75.1 Å². The Labute approximate surface area is 288 Å². The zero-order valence-corrected chi connectivity index (χ0v) is 31.8. The third-order valence-corrected chi connectivity index (χ3v) is 10.9. The molecule has 0 fully saturated rings. The molecule has 0 N–H and O–H groups in total. The summed E-state index contributed by atoms with van der Waals surface area (Å²) in [6.45, 7) is 19.1. The lowest BCUT2D eigenvalue weighted by Gasteiger charge is -2.17. The van der Waals surface area contributed by atoms with Crippen molar-refractivity contribution in [1.82, 2.24) is 19.6 Å². The molecule has 0 amide bonds. The molecule has 0 spiro atoms. The Hall–Kier alpha value is -4.25. The first kappa shape index (κ1) is 39.2. The highest BCUT2D eigenvalue weighted by atomic mass is 28.3. The molecule has 0 aliphatic carbocycles. The topological polar surface area (TPSA) is 141 Å². The van der Waals surface area contributed by atoms with Crippen molar-refractivity contribution >= 4 is 55.5 Å². The molecule has 12 nitrogen and oxygen atoms in total. The average molecular weight is 709 g/mol. The van der Waals surface area contributed by atoms with Crippen molar-refractivity contribution in [3.05, 3.63) is 86.9 Å². The molecule has 264 valence electrons. The van der Waals surface area contributed by atoms with Gasteiger partial charge in [0.2, 0.25) is 10.9 Å². The maximum Gasteiger partial charge on any atom is 0.339 e. The number of methoxy groups -OCH3 is 2. The molecule has 0 unspecified atom stereocenters. The number of carbonyl (C=O) groups excluding carboxylic acids is 2. The van der Waals surface area contributed by atoms with Crippen LogP contribution >= 0.6 is 0 Å². The number of benzene rings is 2. The Bertz CT molecular complexity index is 1910. The van der Waals surface area contributed by atoms with Gasteiger partial charge in [-0.1, -0.05) is 70.1 Å². The lowest BCUT2D eigenvalue weighted by atomic mass is 10.1. The standard InChI is InChI=1S/C18H24N2O4Si.C17H24N2O4Si/c1-13(18(22)23-2)16-17(21)14-8-6-7-9-15(14)20(19-16)12-24-10-11-25(3,4)5;1-22-16(20)11-14-17(21)13-7-5-6-8-15(13)19(18-14)12-23-9-10-24(2,3)4/h6-9H,1,10-12H2,2-5H3;5-8H,9-12H2,1-4H3. The van der Waals surface area contributed by atoms with Crippen molar-refractivity contribution in [1.29, 1.82) is 0 Å². The minimum absolute atomic E-state index is 0.0145. The Kier molecular flexibility index (Phi) is 13.9. The molecule has 0 saturated heterocycles. The number of ether oxygens (including phenoxy) is 4. The van der Waals surface area contributed by atoms with E-state index < -0.39 is 28.1 Å². The van der Waals surface area contributed by atoms with Gasteiger partial charge in [0.05, 0.1) is 37.2 Å². The summed E-state index contributed by atoms with van der Waals surface area (Å²) in [5, 5.41) is 9.60. The summed E-state index contributed by atoms with van der Waals surface area (Å²) >= 11 is 0. The highest BCUT2D eigenvalue weighted by Crippen LogP contribution is 2.16. The van der Waals surface area contributed by atoms with Crippen molar-refractivity contribution < 1.29 is 28.5 Å². The van der Waals surface area contributed by atoms with Gasteiger partial charge in [-0.2, -0.15) is 10.2 Å². The van der Waals surface area contributed by atoms with E-state index in [0.717, 1.165) is 12.1 Å². The second-order valence-electron chi connectivity index (χ2n) is 13.9. The molecular formula is C35H48N4O8Si2. The smallest absolute Gasteiger partial charge is 0.339 e. The van der Waals surface area contributed by atoms with Crippen molar-refractivity contribution in [2.75, 3.05) is 27.4 Å². The minimum atomic E-state index is -1.19. The molecule has 14 heteroatoms. The van der Waals surface area contributed by atoms with E-state index in [1.807, 2.05) is 18.2 Å². The molecule has 0 atom stereocenters. The number of aromatic nitrogens is 4. The van der Waals surface area contributed by atoms with Gasteiger partial charge in [0, 0.05) is 40.1 Å². The van der Waals surface area contributed by atoms with Crippen LogP contribution in [-0.2, 0) is 48.4 Å². The van der Waals surface area contributed by atoms with Crippen molar-refractivity contribution in [2.24, 2.45) is 0 Å². The lowest BCUT2D eigenvalue weighted by Crippen LogP contribution is -2.24. The maximum atomic E-state index is 12.6. The van der Waals surface area contributed by atoms with Gasteiger partial charge >= 0.3 is 11.9 Å². The fourth-order valence-corrected chi connectivity index (χ4v) is 6.04. The van der Waals surface area contributed by atoms with Crippen LogP contribution in [0.3, 0.4) is 0 Å². The Morgan fingerprint density at radius 2 is 1.18 bits per heavy atom. The second-order valence-corrected chi connectivity index (χ2v) is 25.1. The van der Waals surface area contributed by atoms with Gasteiger partial charge in [0.15, 0.2) is 0 Å². The Balaban J connectivity index is 0.000000266. The number of para-hydroxylation sites is 2. The van der Waals surface area contributed by atoms with Gasteiger partial charge in [-0.25, -0.2) is 14.2 Å². The molecule has 0 bridgehead atoms. The summed E-state index contributed by atoms with van der Waals surface area (Å²) in [5.74, 6) is -1.16. The van der Waals surface area contributed by atoms with E-state index in [2.05, 4.69) is 65.5 Å². The number of nitrogens with zero attached hydrogens (tertiary/aromatic N) is 4. The van der Waals surface area contributed by atoms with Crippen molar-refractivity contribution in [3.8, 4) is 0 Å². The third kappa shape index (κ3) is 11.4. The van der Waals surface area contributed by atoms with E-state index in [1.54, 1.807) is 39.7 Å². The average Bonchev–Trinajstić information content (AvgIpc) is 3.06. The van der Waals surface area contributed by atoms with Gasteiger partial charge in [0.1, 0.15) is 24.8 Å². The summed E-state index contributed by atoms with van der Waals surface area (Å²) < 4.78 is 24.0. The molecule has 4 rings (SSSR count). The van der Waals surface area contributed by atoms with Crippen LogP contribution in [0, 0.1) is 0 Å². The quantitative estimate of drug-likeness (QED) is 0.0732. The zero-order chi connectivity index (χ0) is 36.4. The summed E-state index contributed by atoms with van der Waals surface area (Å²) in [4.78, 5) is 48.4. The monoisotopic (exact) mass is 708 g/mol. The van der Waals surface area contributed by atoms with Crippen LogP contribution in [0.25, 0.3) is 27.4 Å². The van der Waals surface area contributed by atoms with E-state index in [-0.39, 0.29) is 47.7 Å². The summed E-state index contributed by atoms with van der Waals surface area (Å²) in [5.41, 5.74) is 0.868. The molecule has 2 aromatic carbocycles. The van der Waals surface area contributed by atoms with Crippen molar-refractivity contribution in [2.45, 2.75) is 71.3 Å². The van der Waals surface area contributed by atoms with Gasteiger partial charge in [-0.05, 0) is 36.4 Å². The second kappa shape index (κ2) is 17.4. The Morgan fingerprint density at radius 3 is 1.65 bits per heavy atom. The van der Waals surface area contributed by atoms with Gasteiger partial charge in [-0.15, -0.1) is 0 Å². The molecule has 2 heterocycles. The summed E-state index contributed by atoms with van der Waals surface area (Å²) in [6.07, 6.45) is -0.144. The van der Waals surface area contributed by atoms with Crippen LogP contribution in [0.2, 0.25) is 51.4 Å². The third-order valence-electron chi connectivity index (χ3n) is 7.47. The predicted octanol–water partition coefficient (Wildman–Crippen LogP) is 5.32. The Morgan fingerprint density at radius 1 is 0.714 bits per heavy atom. The summed E-state index contributed by atoms with van der Waals surface area (Å²) in [6, 6.07) is 16.4. The fraction of sp³-hybridized carbons (Fsp3) is 0.429. The fourth-order valence-electron chi connectivity index (χ4n) is 4.53. The van der Waals surface area contributed by atoms with Crippen molar-refractivity contribution in [3.63, 3.8) is 0 Å². The molecule has 0 aliphatic rings. The van der Waals surface area contributed by atoms with Crippen LogP contribution in [0.1, 0.15) is 11.4 Å². The van der Waals surface area contributed by atoms with Gasteiger partial charge < -0.3 is 18.9 Å². The molecule has 2 aromatic heterocycles. The predicted molar refractivity (Wildman–Crippen MR) is 197 cm³/mol. The van der Waals surface area contributed by atoms with E-state index in [4.69, 9.17) is 9.47 Å². The molecule has 0 radical (unpaired) electrons. The molecule has 0 saturated carbocycles. The first-order valence-corrected chi connectivity index (χ1v) is 23.5. The van der Waals surface area contributed by atoms with E-state index in [9.17, 15) is 19.2 Å². The number of esters is 2. The number of hydrogen-bond donors (Lipinski definition) is 0. The normalized spacial score (nSPS) is 11.6. The molecule has 49 heavy (non-hydrogen) atoms. The van der Waals surface area contributed by atoms with Crippen LogP contribution in [0.5, 0.6) is 0 Å². The molecular weight excluding hydrogens is 661 g/mol. The van der Waals surface area contributed by atoms with Crippen LogP contribution < -0.4 is 10.9 Å². The van der Waals surface area contributed by atoms with E-state index in [1.165, 1.54) is 14.2 Å². The van der Waals surface area contributed by atoms with E-state index >= 15 is 0 Å². The zero-order valence-electron chi connectivity index (χ0n) is 29.8.